The minimum absolute atomic E-state index is 0.126. The smallest absolute Gasteiger partial charge is 0.298 e. The van der Waals surface area contributed by atoms with Crippen molar-refractivity contribution >= 4 is 32.6 Å². The molecular weight excluding hydrogens is 341 g/mol. The lowest BCUT2D eigenvalue weighted by Gasteiger charge is -2.18. The molecule has 0 aliphatic carbocycles. The molecular formula is C18H12FN3O2S. The number of anilines is 1. The van der Waals surface area contributed by atoms with Crippen molar-refractivity contribution in [2.75, 3.05) is 4.90 Å². The van der Waals surface area contributed by atoms with Gasteiger partial charge in [-0.05, 0) is 23.8 Å². The number of rotatable bonds is 4. The summed E-state index contributed by atoms with van der Waals surface area (Å²) in [5.74, 6) is -0.555. The highest BCUT2D eigenvalue weighted by Gasteiger charge is 2.24. The lowest BCUT2D eigenvalue weighted by atomic mass is 10.2. The van der Waals surface area contributed by atoms with Gasteiger partial charge in [-0.1, -0.05) is 46.8 Å². The average molecular weight is 353 g/mol. The van der Waals surface area contributed by atoms with Gasteiger partial charge in [0.15, 0.2) is 5.13 Å². The summed E-state index contributed by atoms with van der Waals surface area (Å²) in [5, 5.41) is 4.07. The van der Waals surface area contributed by atoms with Gasteiger partial charge in [-0.3, -0.25) is 9.69 Å². The largest absolute Gasteiger partial charge is 0.351 e. The van der Waals surface area contributed by atoms with Crippen LogP contribution in [0.5, 0.6) is 0 Å². The van der Waals surface area contributed by atoms with Gasteiger partial charge in [0.1, 0.15) is 5.82 Å². The number of hydrogen-bond acceptors (Lipinski definition) is 5. The summed E-state index contributed by atoms with van der Waals surface area (Å²) in [7, 11) is 0. The van der Waals surface area contributed by atoms with E-state index >= 15 is 0 Å². The second kappa shape index (κ2) is 6.45. The summed E-state index contributed by atoms with van der Waals surface area (Å²) in [6.07, 6.45) is 1.42. The van der Waals surface area contributed by atoms with Crippen molar-refractivity contribution in [3.8, 4) is 0 Å². The van der Waals surface area contributed by atoms with Crippen LogP contribution in [0.25, 0.3) is 10.2 Å². The molecule has 2 aromatic carbocycles. The van der Waals surface area contributed by atoms with E-state index in [-0.39, 0.29) is 17.5 Å². The number of carbonyl (C=O) groups excluding carboxylic acids is 1. The van der Waals surface area contributed by atoms with Crippen LogP contribution in [0.4, 0.5) is 9.52 Å². The highest BCUT2D eigenvalue weighted by Crippen LogP contribution is 2.31. The lowest BCUT2D eigenvalue weighted by molar-refractivity contribution is 0.0949. The fraction of sp³-hybridized carbons (Fsp3) is 0.0556. The summed E-state index contributed by atoms with van der Waals surface area (Å²) in [5.41, 5.74) is 1.59. The van der Waals surface area contributed by atoms with E-state index in [9.17, 15) is 9.18 Å². The van der Waals surface area contributed by atoms with E-state index in [4.69, 9.17) is 4.52 Å². The molecule has 0 saturated heterocycles. The van der Waals surface area contributed by atoms with E-state index < -0.39 is 0 Å². The second-order valence-corrected chi connectivity index (χ2v) is 6.37. The van der Waals surface area contributed by atoms with Crippen LogP contribution in [0.15, 0.2) is 65.3 Å². The number of carbonyl (C=O) groups is 1. The van der Waals surface area contributed by atoms with Gasteiger partial charge >= 0.3 is 0 Å². The van der Waals surface area contributed by atoms with Crippen LogP contribution in [0.1, 0.15) is 16.1 Å². The van der Waals surface area contributed by atoms with E-state index in [2.05, 4.69) is 10.1 Å². The Morgan fingerprint density at radius 3 is 2.76 bits per heavy atom. The Morgan fingerprint density at radius 1 is 1.16 bits per heavy atom. The Labute approximate surface area is 146 Å². The van der Waals surface area contributed by atoms with Crippen molar-refractivity contribution in [3.63, 3.8) is 0 Å². The second-order valence-electron chi connectivity index (χ2n) is 5.36. The first-order valence-electron chi connectivity index (χ1n) is 7.53. The topological polar surface area (TPSA) is 59.2 Å². The van der Waals surface area contributed by atoms with Crippen LogP contribution in [-0.2, 0) is 6.54 Å². The number of thiazole rings is 1. The zero-order chi connectivity index (χ0) is 17.2. The molecule has 4 aromatic rings. The van der Waals surface area contributed by atoms with Crippen molar-refractivity contribution in [2.45, 2.75) is 6.54 Å². The van der Waals surface area contributed by atoms with Crippen LogP contribution in [0.3, 0.4) is 0 Å². The molecule has 7 heteroatoms. The zero-order valence-corrected chi connectivity index (χ0v) is 13.7. The first-order chi connectivity index (χ1) is 12.2. The molecule has 0 aliphatic rings. The molecule has 0 radical (unpaired) electrons. The van der Waals surface area contributed by atoms with Gasteiger partial charge in [0.2, 0.25) is 5.76 Å². The Bertz CT molecular complexity index is 1020. The maximum atomic E-state index is 13.5. The minimum Gasteiger partial charge on any atom is -0.351 e. The molecule has 0 saturated carbocycles. The molecule has 4 rings (SSSR count). The summed E-state index contributed by atoms with van der Waals surface area (Å²) in [6, 6.07) is 15.4. The van der Waals surface area contributed by atoms with Crippen molar-refractivity contribution in [1.29, 1.82) is 0 Å². The predicted octanol–water partition coefficient (Wildman–Crippen LogP) is 4.27. The molecule has 0 atom stereocenters. The van der Waals surface area contributed by atoms with Crippen molar-refractivity contribution in [1.82, 2.24) is 10.1 Å². The van der Waals surface area contributed by atoms with E-state index in [0.29, 0.717) is 21.9 Å². The van der Waals surface area contributed by atoms with Crippen molar-refractivity contribution < 1.29 is 13.7 Å². The Hall–Kier alpha value is -3.06. The first-order valence-corrected chi connectivity index (χ1v) is 8.35. The molecule has 2 aromatic heterocycles. The minimum atomic E-state index is -0.346. The summed E-state index contributed by atoms with van der Waals surface area (Å²) in [4.78, 5) is 18.8. The highest BCUT2D eigenvalue weighted by atomic mass is 32.1. The van der Waals surface area contributed by atoms with Gasteiger partial charge in [-0.15, -0.1) is 0 Å². The van der Waals surface area contributed by atoms with Crippen molar-refractivity contribution in [2.24, 2.45) is 0 Å². The van der Waals surface area contributed by atoms with Crippen LogP contribution in [0, 0.1) is 5.82 Å². The Morgan fingerprint density at radius 2 is 2.00 bits per heavy atom. The number of nitrogens with zero attached hydrogens (tertiary/aromatic N) is 3. The fourth-order valence-electron chi connectivity index (χ4n) is 2.45. The Kier molecular flexibility index (Phi) is 3.99. The summed E-state index contributed by atoms with van der Waals surface area (Å²) < 4.78 is 19.1. The maximum Gasteiger partial charge on any atom is 0.298 e. The van der Waals surface area contributed by atoms with Gasteiger partial charge in [-0.25, -0.2) is 9.37 Å². The number of fused-ring (bicyclic) bond motifs is 1. The molecule has 0 N–H and O–H groups in total. The van der Waals surface area contributed by atoms with E-state index in [1.165, 1.54) is 40.6 Å². The van der Waals surface area contributed by atoms with Gasteiger partial charge in [-0.2, -0.15) is 0 Å². The standard InChI is InChI=1S/C18H12FN3O2S/c19-13-6-7-14-16(10-13)25-18(21-14)22(11-12-4-2-1-3-5-12)17(23)15-8-9-20-24-15/h1-10H,11H2. The number of amides is 1. The number of hydrogen-bond donors (Lipinski definition) is 0. The third-order valence-corrected chi connectivity index (χ3v) is 4.69. The van der Waals surface area contributed by atoms with Crippen LogP contribution in [0.2, 0.25) is 0 Å². The van der Waals surface area contributed by atoms with E-state index in [1.54, 1.807) is 6.07 Å². The molecule has 0 bridgehead atoms. The molecule has 1 amide bonds. The SMILES string of the molecule is O=C(c1ccno1)N(Cc1ccccc1)c1nc2ccc(F)cc2s1. The third-order valence-electron chi connectivity index (χ3n) is 3.65. The number of benzene rings is 2. The van der Waals surface area contributed by atoms with Gasteiger partial charge in [0.25, 0.3) is 5.91 Å². The molecule has 0 unspecified atom stereocenters. The lowest BCUT2D eigenvalue weighted by Crippen LogP contribution is -2.30. The van der Waals surface area contributed by atoms with Gasteiger partial charge < -0.3 is 4.52 Å². The number of aromatic nitrogens is 2. The summed E-state index contributed by atoms with van der Waals surface area (Å²) in [6.45, 7) is 0.322. The predicted molar refractivity (Wildman–Crippen MR) is 93.0 cm³/mol. The van der Waals surface area contributed by atoms with Crippen LogP contribution in [-0.4, -0.2) is 16.0 Å². The van der Waals surface area contributed by atoms with Crippen LogP contribution >= 0.6 is 11.3 Å². The van der Waals surface area contributed by atoms with Crippen LogP contribution < -0.4 is 4.90 Å². The quantitative estimate of drug-likeness (QED) is 0.550. The van der Waals surface area contributed by atoms with E-state index in [0.717, 1.165) is 5.56 Å². The first kappa shape index (κ1) is 15.5. The zero-order valence-electron chi connectivity index (χ0n) is 12.9. The molecule has 0 spiro atoms. The van der Waals surface area contributed by atoms with Gasteiger partial charge in [0, 0.05) is 6.07 Å². The third kappa shape index (κ3) is 3.14. The molecule has 2 heterocycles. The Balaban J connectivity index is 1.76. The average Bonchev–Trinajstić information content (AvgIpc) is 3.29. The highest BCUT2D eigenvalue weighted by molar-refractivity contribution is 7.22. The van der Waals surface area contributed by atoms with E-state index in [1.807, 2.05) is 30.3 Å². The monoisotopic (exact) mass is 353 g/mol. The fourth-order valence-corrected chi connectivity index (χ4v) is 3.44. The summed E-state index contributed by atoms with van der Waals surface area (Å²) >= 11 is 1.26. The molecule has 25 heavy (non-hydrogen) atoms. The molecule has 0 fully saturated rings. The molecule has 0 aliphatic heterocycles. The number of halogens is 1. The molecule has 124 valence electrons. The molecule has 5 nitrogen and oxygen atoms in total. The normalized spacial score (nSPS) is 10.9. The van der Waals surface area contributed by atoms with Gasteiger partial charge in [0.05, 0.1) is 23.0 Å². The maximum absolute atomic E-state index is 13.5. The van der Waals surface area contributed by atoms with Crippen molar-refractivity contribution in [3.05, 3.63) is 77.9 Å².